The molecule has 0 bridgehead atoms. The van der Waals surface area contributed by atoms with Gasteiger partial charge in [0.2, 0.25) is 0 Å². The molecule has 128 valence electrons. The molecule has 4 aromatic rings. The minimum Gasteiger partial charge on any atom is -0.298 e. The van der Waals surface area contributed by atoms with Crippen molar-refractivity contribution in [3.8, 4) is 16.9 Å². The maximum absolute atomic E-state index is 12.4. The molecule has 2 aromatic heterocycles. The number of carbonyl (C=O) groups excluding carboxylic acids is 1. The quantitative estimate of drug-likeness (QED) is 0.580. The van der Waals surface area contributed by atoms with Gasteiger partial charge in [-0.3, -0.25) is 10.1 Å². The SMILES string of the molecule is Cc1ccc(-c2csc(NC(=O)c3ccc(-n4cccn4)cc3)n2)cc1. The molecule has 0 unspecified atom stereocenters. The van der Waals surface area contributed by atoms with Crippen LogP contribution in [0.2, 0.25) is 0 Å². The number of hydrogen-bond acceptors (Lipinski definition) is 4. The summed E-state index contributed by atoms with van der Waals surface area (Å²) >= 11 is 1.42. The summed E-state index contributed by atoms with van der Waals surface area (Å²) in [5.74, 6) is -0.179. The number of carbonyl (C=O) groups is 1. The van der Waals surface area contributed by atoms with E-state index < -0.39 is 0 Å². The van der Waals surface area contributed by atoms with Crippen LogP contribution in [-0.4, -0.2) is 20.7 Å². The van der Waals surface area contributed by atoms with E-state index >= 15 is 0 Å². The number of benzene rings is 2. The van der Waals surface area contributed by atoms with Crippen molar-refractivity contribution in [1.29, 1.82) is 0 Å². The fourth-order valence-corrected chi connectivity index (χ4v) is 3.26. The van der Waals surface area contributed by atoms with Gasteiger partial charge in [-0.2, -0.15) is 5.10 Å². The van der Waals surface area contributed by atoms with Crippen molar-refractivity contribution in [2.75, 3.05) is 5.32 Å². The van der Waals surface area contributed by atoms with Crippen molar-refractivity contribution in [3.05, 3.63) is 83.5 Å². The summed E-state index contributed by atoms with van der Waals surface area (Å²) in [7, 11) is 0. The van der Waals surface area contributed by atoms with Gasteiger partial charge in [-0.25, -0.2) is 9.67 Å². The molecule has 0 aliphatic rings. The second-order valence-electron chi connectivity index (χ2n) is 5.86. The highest BCUT2D eigenvalue weighted by Crippen LogP contribution is 2.25. The molecule has 0 saturated heterocycles. The predicted molar refractivity (Wildman–Crippen MR) is 104 cm³/mol. The van der Waals surface area contributed by atoms with E-state index in [0.29, 0.717) is 10.7 Å². The van der Waals surface area contributed by atoms with Crippen LogP contribution in [0.1, 0.15) is 15.9 Å². The molecule has 26 heavy (non-hydrogen) atoms. The molecule has 0 radical (unpaired) electrons. The van der Waals surface area contributed by atoms with Crippen molar-refractivity contribution in [1.82, 2.24) is 14.8 Å². The minimum atomic E-state index is -0.179. The molecule has 2 aromatic carbocycles. The molecule has 2 heterocycles. The average molecular weight is 360 g/mol. The molecule has 6 heteroatoms. The first-order valence-electron chi connectivity index (χ1n) is 8.13. The van der Waals surface area contributed by atoms with Crippen LogP contribution in [0.15, 0.2) is 72.4 Å². The normalized spacial score (nSPS) is 10.7. The summed E-state index contributed by atoms with van der Waals surface area (Å²) in [6.07, 6.45) is 3.58. The molecule has 0 aliphatic carbocycles. The number of aryl methyl sites for hydroxylation is 1. The smallest absolute Gasteiger partial charge is 0.257 e. The zero-order chi connectivity index (χ0) is 17.9. The van der Waals surface area contributed by atoms with Gasteiger partial charge in [0.25, 0.3) is 5.91 Å². The standard InChI is InChI=1S/C20H16N4OS/c1-14-3-5-15(6-4-14)18-13-26-20(22-18)23-19(25)16-7-9-17(10-8-16)24-12-2-11-21-24/h2-13H,1H3,(H,22,23,25). The molecule has 1 amide bonds. The second kappa shape index (κ2) is 6.93. The Labute approximate surface area is 155 Å². The van der Waals surface area contributed by atoms with Gasteiger partial charge in [0, 0.05) is 28.9 Å². The molecule has 0 aliphatic heterocycles. The van der Waals surface area contributed by atoms with Crippen LogP contribution in [0.4, 0.5) is 5.13 Å². The summed E-state index contributed by atoms with van der Waals surface area (Å²) < 4.78 is 1.75. The number of aromatic nitrogens is 3. The first-order valence-corrected chi connectivity index (χ1v) is 9.01. The van der Waals surface area contributed by atoms with E-state index in [2.05, 4.69) is 15.4 Å². The maximum Gasteiger partial charge on any atom is 0.257 e. The molecule has 5 nitrogen and oxygen atoms in total. The first-order chi connectivity index (χ1) is 12.7. The van der Waals surface area contributed by atoms with Crippen molar-refractivity contribution in [2.24, 2.45) is 0 Å². The number of rotatable bonds is 4. The van der Waals surface area contributed by atoms with E-state index in [-0.39, 0.29) is 5.91 Å². The molecule has 0 fully saturated rings. The molecule has 0 atom stereocenters. The number of hydrogen-bond donors (Lipinski definition) is 1. The monoisotopic (exact) mass is 360 g/mol. The topological polar surface area (TPSA) is 59.8 Å². The van der Waals surface area contributed by atoms with E-state index in [0.717, 1.165) is 16.9 Å². The highest BCUT2D eigenvalue weighted by Gasteiger charge is 2.10. The maximum atomic E-state index is 12.4. The summed E-state index contributed by atoms with van der Waals surface area (Å²) in [5.41, 5.74) is 4.58. The lowest BCUT2D eigenvalue weighted by Gasteiger charge is -2.04. The van der Waals surface area contributed by atoms with Crippen molar-refractivity contribution < 1.29 is 4.79 Å². The summed E-state index contributed by atoms with van der Waals surface area (Å²) in [4.78, 5) is 16.9. The average Bonchev–Trinajstić information content (AvgIpc) is 3.35. The van der Waals surface area contributed by atoms with E-state index in [1.807, 2.05) is 61.0 Å². The van der Waals surface area contributed by atoms with Crippen LogP contribution in [0, 0.1) is 6.92 Å². The molecule has 1 N–H and O–H groups in total. The van der Waals surface area contributed by atoms with Gasteiger partial charge in [-0.05, 0) is 37.3 Å². The zero-order valence-corrected chi connectivity index (χ0v) is 14.9. The first kappa shape index (κ1) is 16.2. The van der Waals surface area contributed by atoms with Crippen molar-refractivity contribution in [2.45, 2.75) is 6.92 Å². The van der Waals surface area contributed by atoms with Crippen molar-refractivity contribution >= 4 is 22.4 Å². The zero-order valence-electron chi connectivity index (χ0n) is 14.1. The van der Waals surface area contributed by atoms with E-state index in [4.69, 9.17) is 0 Å². The Hall–Kier alpha value is -3.25. The highest BCUT2D eigenvalue weighted by molar-refractivity contribution is 7.14. The number of anilines is 1. The van der Waals surface area contributed by atoms with Crippen LogP contribution < -0.4 is 5.32 Å². The Morgan fingerprint density at radius 3 is 2.54 bits per heavy atom. The molecule has 0 saturated carbocycles. The van der Waals surface area contributed by atoms with Crippen LogP contribution in [0.25, 0.3) is 16.9 Å². The minimum absolute atomic E-state index is 0.179. The third-order valence-corrected chi connectivity index (χ3v) is 4.73. The predicted octanol–water partition coefficient (Wildman–Crippen LogP) is 4.56. The lowest BCUT2D eigenvalue weighted by Crippen LogP contribution is -2.11. The number of thiazole rings is 1. The Bertz CT molecular complexity index is 1020. The van der Waals surface area contributed by atoms with Gasteiger partial charge < -0.3 is 0 Å². The van der Waals surface area contributed by atoms with Gasteiger partial charge in [0.1, 0.15) is 0 Å². The largest absolute Gasteiger partial charge is 0.298 e. The molecular formula is C20H16N4OS. The number of nitrogens with one attached hydrogen (secondary N) is 1. The molecule has 0 spiro atoms. The third kappa shape index (κ3) is 3.41. The highest BCUT2D eigenvalue weighted by atomic mass is 32.1. The van der Waals surface area contributed by atoms with Gasteiger partial charge in [0.15, 0.2) is 5.13 Å². The van der Waals surface area contributed by atoms with Gasteiger partial charge in [-0.1, -0.05) is 29.8 Å². The lowest BCUT2D eigenvalue weighted by atomic mass is 10.1. The van der Waals surface area contributed by atoms with Crippen LogP contribution >= 0.6 is 11.3 Å². The van der Waals surface area contributed by atoms with Crippen LogP contribution in [-0.2, 0) is 0 Å². The van der Waals surface area contributed by atoms with Crippen LogP contribution in [0.3, 0.4) is 0 Å². The summed E-state index contributed by atoms with van der Waals surface area (Å²) in [6.45, 7) is 2.05. The van der Waals surface area contributed by atoms with Gasteiger partial charge >= 0.3 is 0 Å². The van der Waals surface area contributed by atoms with E-state index in [9.17, 15) is 4.79 Å². The Morgan fingerprint density at radius 1 is 1.08 bits per heavy atom. The van der Waals surface area contributed by atoms with Gasteiger partial charge in [0.05, 0.1) is 11.4 Å². The van der Waals surface area contributed by atoms with Crippen molar-refractivity contribution in [3.63, 3.8) is 0 Å². The fraction of sp³-hybridized carbons (Fsp3) is 0.0500. The van der Waals surface area contributed by atoms with Crippen LogP contribution in [0.5, 0.6) is 0 Å². The summed E-state index contributed by atoms with van der Waals surface area (Å²) in [5, 5.41) is 9.56. The van der Waals surface area contributed by atoms with E-state index in [1.54, 1.807) is 23.0 Å². The van der Waals surface area contributed by atoms with E-state index in [1.165, 1.54) is 16.9 Å². The molecule has 4 rings (SSSR count). The molecular weight excluding hydrogens is 344 g/mol. The number of nitrogens with zero attached hydrogens (tertiary/aromatic N) is 3. The second-order valence-corrected chi connectivity index (χ2v) is 6.71. The summed E-state index contributed by atoms with van der Waals surface area (Å²) in [6, 6.07) is 17.3. The Balaban J connectivity index is 1.47. The Kier molecular flexibility index (Phi) is 4.33. The fourth-order valence-electron chi connectivity index (χ4n) is 2.54. The van der Waals surface area contributed by atoms with Gasteiger partial charge in [-0.15, -0.1) is 11.3 Å². The third-order valence-electron chi connectivity index (χ3n) is 3.97. The Morgan fingerprint density at radius 2 is 1.85 bits per heavy atom. The number of amides is 1. The lowest BCUT2D eigenvalue weighted by molar-refractivity contribution is 0.102.